The van der Waals surface area contributed by atoms with Crippen molar-refractivity contribution in [2.24, 2.45) is 5.92 Å². The summed E-state index contributed by atoms with van der Waals surface area (Å²) in [6.45, 7) is 0.238. The highest BCUT2D eigenvalue weighted by Crippen LogP contribution is 2.29. The first kappa shape index (κ1) is 16.7. The molecule has 0 spiro atoms. The molecular formula is C17H13Cl2FN2O2. The van der Waals surface area contributed by atoms with Gasteiger partial charge in [-0.25, -0.2) is 4.39 Å². The van der Waals surface area contributed by atoms with Crippen LogP contribution in [0.4, 0.5) is 15.8 Å². The molecule has 2 aromatic carbocycles. The summed E-state index contributed by atoms with van der Waals surface area (Å²) in [6.07, 6.45) is 0.0917. The third kappa shape index (κ3) is 3.52. The van der Waals surface area contributed by atoms with Crippen molar-refractivity contribution in [2.75, 3.05) is 16.8 Å². The minimum Gasteiger partial charge on any atom is -0.324 e. The van der Waals surface area contributed by atoms with Crippen molar-refractivity contribution in [1.29, 1.82) is 0 Å². The highest BCUT2D eigenvalue weighted by molar-refractivity contribution is 6.36. The number of hydrogen-bond donors (Lipinski definition) is 1. The first-order valence-corrected chi connectivity index (χ1v) is 8.01. The van der Waals surface area contributed by atoms with Crippen molar-refractivity contribution in [3.05, 3.63) is 58.3 Å². The Morgan fingerprint density at radius 2 is 1.88 bits per heavy atom. The lowest BCUT2D eigenvalue weighted by Gasteiger charge is -2.17. The molecule has 24 heavy (non-hydrogen) atoms. The molecule has 2 amide bonds. The zero-order chi connectivity index (χ0) is 17.3. The molecule has 1 heterocycles. The summed E-state index contributed by atoms with van der Waals surface area (Å²) in [5, 5.41) is 3.51. The number of nitrogens with zero attached hydrogens (tertiary/aromatic N) is 1. The molecule has 0 bridgehead atoms. The van der Waals surface area contributed by atoms with Crippen LogP contribution in [0.15, 0.2) is 42.5 Å². The monoisotopic (exact) mass is 366 g/mol. The molecule has 1 atom stereocenters. The smallest absolute Gasteiger partial charge is 0.229 e. The minimum atomic E-state index is -0.505. The van der Waals surface area contributed by atoms with Gasteiger partial charge in [0.15, 0.2) is 0 Å². The predicted octanol–water partition coefficient (Wildman–Crippen LogP) is 4.12. The van der Waals surface area contributed by atoms with Crippen LogP contribution in [-0.2, 0) is 9.59 Å². The van der Waals surface area contributed by atoms with Crippen LogP contribution < -0.4 is 10.2 Å². The van der Waals surface area contributed by atoms with Crippen LogP contribution in [-0.4, -0.2) is 18.4 Å². The number of carbonyl (C=O) groups excluding carboxylic acids is 2. The van der Waals surface area contributed by atoms with E-state index < -0.39 is 5.92 Å². The van der Waals surface area contributed by atoms with Crippen molar-refractivity contribution < 1.29 is 14.0 Å². The van der Waals surface area contributed by atoms with Gasteiger partial charge in [-0.3, -0.25) is 9.59 Å². The summed E-state index contributed by atoms with van der Waals surface area (Å²) in [7, 11) is 0. The number of amides is 2. The maximum atomic E-state index is 13.0. The molecule has 1 aliphatic rings. The van der Waals surface area contributed by atoms with Gasteiger partial charge in [0.2, 0.25) is 11.8 Å². The maximum absolute atomic E-state index is 13.0. The average Bonchev–Trinajstić information content (AvgIpc) is 2.93. The Kier molecular flexibility index (Phi) is 4.73. The number of halogens is 3. The van der Waals surface area contributed by atoms with E-state index in [4.69, 9.17) is 23.2 Å². The molecule has 0 unspecified atom stereocenters. The fourth-order valence-corrected chi connectivity index (χ4v) is 3.04. The fraction of sp³-hybridized carbons (Fsp3) is 0.176. The largest absolute Gasteiger partial charge is 0.324 e. The Hall–Kier alpha value is -2.11. The molecule has 2 aromatic rings. The van der Waals surface area contributed by atoms with Gasteiger partial charge in [-0.1, -0.05) is 23.2 Å². The summed E-state index contributed by atoms with van der Waals surface area (Å²) >= 11 is 11.9. The van der Waals surface area contributed by atoms with Gasteiger partial charge in [0, 0.05) is 23.7 Å². The van der Waals surface area contributed by atoms with Crippen LogP contribution in [0.25, 0.3) is 0 Å². The molecule has 0 saturated carbocycles. The number of carbonyl (C=O) groups is 2. The Morgan fingerprint density at radius 1 is 1.17 bits per heavy atom. The molecular weight excluding hydrogens is 354 g/mol. The van der Waals surface area contributed by atoms with Gasteiger partial charge in [-0.2, -0.15) is 0 Å². The molecule has 1 aliphatic heterocycles. The molecule has 1 saturated heterocycles. The second kappa shape index (κ2) is 6.79. The van der Waals surface area contributed by atoms with E-state index in [1.165, 1.54) is 35.2 Å². The van der Waals surface area contributed by atoms with Crippen molar-refractivity contribution in [1.82, 2.24) is 0 Å². The van der Waals surface area contributed by atoms with Gasteiger partial charge in [0.05, 0.1) is 16.6 Å². The average molecular weight is 367 g/mol. The minimum absolute atomic E-state index is 0.0917. The highest BCUT2D eigenvalue weighted by Gasteiger charge is 2.35. The summed E-state index contributed by atoms with van der Waals surface area (Å²) < 4.78 is 13.0. The number of benzene rings is 2. The lowest BCUT2D eigenvalue weighted by atomic mass is 10.1. The highest BCUT2D eigenvalue weighted by atomic mass is 35.5. The molecule has 7 heteroatoms. The predicted molar refractivity (Wildman–Crippen MR) is 92.0 cm³/mol. The van der Waals surface area contributed by atoms with Crippen molar-refractivity contribution in [3.63, 3.8) is 0 Å². The third-order valence-corrected chi connectivity index (χ3v) is 4.37. The zero-order valence-corrected chi connectivity index (χ0v) is 13.9. The van der Waals surface area contributed by atoms with Crippen LogP contribution in [0, 0.1) is 11.7 Å². The molecule has 0 aliphatic carbocycles. The molecule has 3 rings (SSSR count). The van der Waals surface area contributed by atoms with E-state index in [1.807, 2.05) is 0 Å². The van der Waals surface area contributed by atoms with Crippen LogP contribution in [0.5, 0.6) is 0 Å². The molecule has 1 fully saturated rings. The van der Waals surface area contributed by atoms with Gasteiger partial charge in [0.1, 0.15) is 5.82 Å². The molecule has 0 aromatic heterocycles. The third-order valence-electron chi connectivity index (χ3n) is 3.82. The lowest BCUT2D eigenvalue weighted by molar-refractivity contribution is -0.122. The topological polar surface area (TPSA) is 49.4 Å². The van der Waals surface area contributed by atoms with Crippen LogP contribution in [0.1, 0.15) is 6.42 Å². The van der Waals surface area contributed by atoms with E-state index in [2.05, 4.69) is 5.32 Å². The second-order valence-electron chi connectivity index (χ2n) is 5.50. The first-order chi connectivity index (χ1) is 11.4. The number of rotatable bonds is 3. The number of anilines is 2. The van der Waals surface area contributed by atoms with Crippen molar-refractivity contribution in [2.45, 2.75) is 6.42 Å². The number of nitrogens with one attached hydrogen (secondary N) is 1. The van der Waals surface area contributed by atoms with Crippen LogP contribution >= 0.6 is 23.2 Å². The molecule has 0 radical (unpaired) electrons. The summed E-state index contributed by atoms with van der Waals surface area (Å²) in [4.78, 5) is 26.0. The van der Waals surface area contributed by atoms with E-state index in [0.717, 1.165) is 0 Å². The van der Waals surface area contributed by atoms with Crippen LogP contribution in [0.3, 0.4) is 0 Å². The molecule has 4 nitrogen and oxygen atoms in total. The Bertz CT molecular complexity index is 796. The Morgan fingerprint density at radius 3 is 2.54 bits per heavy atom. The standard InChI is InChI=1S/C17H13Cl2FN2O2/c18-11-1-6-15(14(19)8-11)21-17(24)10-7-16(23)22(9-10)13-4-2-12(20)3-5-13/h1-6,8,10H,7,9H2,(H,21,24)/t10-/m0/s1. The van der Waals surface area contributed by atoms with Crippen molar-refractivity contribution >= 4 is 46.4 Å². The summed E-state index contributed by atoms with van der Waals surface area (Å²) in [5.41, 5.74) is 1.01. The van der Waals surface area contributed by atoms with Gasteiger partial charge in [0.25, 0.3) is 0 Å². The van der Waals surface area contributed by atoms with E-state index in [0.29, 0.717) is 21.4 Å². The summed E-state index contributed by atoms with van der Waals surface area (Å²) in [5.74, 6) is -1.35. The Balaban J connectivity index is 1.70. The van der Waals surface area contributed by atoms with Crippen LogP contribution in [0.2, 0.25) is 10.0 Å². The SMILES string of the molecule is O=C(Nc1ccc(Cl)cc1Cl)[C@H]1CC(=O)N(c2ccc(F)cc2)C1. The van der Waals surface area contributed by atoms with E-state index in [1.54, 1.807) is 12.1 Å². The van der Waals surface area contributed by atoms with Crippen molar-refractivity contribution in [3.8, 4) is 0 Å². The molecule has 1 N–H and O–H groups in total. The van der Waals surface area contributed by atoms with E-state index in [-0.39, 0.29) is 30.6 Å². The first-order valence-electron chi connectivity index (χ1n) is 7.26. The Labute approximate surface area is 148 Å². The quantitative estimate of drug-likeness (QED) is 0.887. The number of hydrogen-bond acceptors (Lipinski definition) is 2. The van der Waals surface area contributed by atoms with Gasteiger partial charge in [-0.15, -0.1) is 0 Å². The van der Waals surface area contributed by atoms with E-state index >= 15 is 0 Å². The summed E-state index contributed by atoms with van der Waals surface area (Å²) in [6, 6.07) is 10.4. The lowest BCUT2D eigenvalue weighted by Crippen LogP contribution is -2.28. The molecule has 124 valence electrons. The second-order valence-corrected chi connectivity index (χ2v) is 6.34. The van der Waals surface area contributed by atoms with Gasteiger partial charge >= 0.3 is 0 Å². The van der Waals surface area contributed by atoms with E-state index in [9.17, 15) is 14.0 Å². The van der Waals surface area contributed by atoms with Gasteiger partial charge < -0.3 is 10.2 Å². The fourth-order valence-electron chi connectivity index (χ4n) is 2.58. The zero-order valence-electron chi connectivity index (χ0n) is 12.4. The van der Waals surface area contributed by atoms with Gasteiger partial charge in [-0.05, 0) is 42.5 Å². The maximum Gasteiger partial charge on any atom is 0.229 e. The normalized spacial score (nSPS) is 17.2.